The van der Waals surface area contributed by atoms with Gasteiger partial charge >= 0.3 is 5.97 Å². The molecule has 144 valence electrons. The lowest BCUT2D eigenvalue weighted by atomic mass is 9.95. The van der Waals surface area contributed by atoms with Gasteiger partial charge in [0.1, 0.15) is 6.54 Å². The molecule has 0 heterocycles. The van der Waals surface area contributed by atoms with Crippen LogP contribution in [0.5, 0.6) is 0 Å². The molecule has 0 radical (unpaired) electrons. The Morgan fingerprint density at radius 1 is 1.19 bits per heavy atom. The van der Waals surface area contributed by atoms with Crippen LogP contribution in [0.4, 0.5) is 5.69 Å². The lowest BCUT2D eigenvalue weighted by Crippen LogP contribution is -2.45. The van der Waals surface area contributed by atoms with Crippen LogP contribution in [0.15, 0.2) is 24.3 Å². The van der Waals surface area contributed by atoms with Crippen molar-refractivity contribution in [3.8, 4) is 0 Å². The molecule has 0 aliphatic heterocycles. The highest BCUT2D eigenvalue weighted by Crippen LogP contribution is 2.24. The number of nitrogens with one attached hydrogen (secondary N) is 1. The molecule has 1 N–H and O–H groups in total. The molecule has 7 nitrogen and oxygen atoms in total. The zero-order valence-corrected chi connectivity index (χ0v) is 16.0. The van der Waals surface area contributed by atoms with Crippen molar-refractivity contribution in [2.45, 2.75) is 45.1 Å². The summed E-state index contributed by atoms with van der Waals surface area (Å²) < 4.78 is 30.5. The van der Waals surface area contributed by atoms with Crippen LogP contribution in [0.25, 0.3) is 0 Å². The van der Waals surface area contributed by atoms with E-state index in [-0.39, 0.29) is 36.4 Å². The number of hydrogen-bond donors (Lipinski definition) is 1. The average Bonchev–Trinajstić information content (AvgIpc) is 2.60. The number of carbonyl (C=O) groups excluding carboxylic acids is 2. The van der Waals surface area contributed by atoms with E-state index in [2.05, 4.69) is 5.32 Å². The fourth-order valence-corrected chi connectivity index (χ4v) is 3.97. The average molecular weight is 382 g/mol. The third-order valence-electron chi connectivity index (χ3n) is 4.33. The molecule has 8 heteroatoms. The van der Waals surface area contributed by atoms with Gasteiger partial charge in [0.25, 0.3) is 0 Å². The van der Waals surface area contributed by atoms with Gasteiger partial charge in [0, 0.05) is 6.04 Å². The number of benzene rings is 1. The van der Waals surface area contributed by atoms with E-state index in [9.17, 15) is 18.0 Å². The predicted molar refractivity (Wildman–Crippen MR) is 99.6 cm³/mol. The highest BCUT2D eigenvalue weighted by Gasteiger charge is 2.27. The van der Waals surface area contributed by atoms with Crippen LogP contribution < -0.4 is 9.62 Å². The largest absolute Gasteiger partial charge is 0.462 e. The first-order chi connectivity index (χ1) is 12.3. The Morgan fingerprint density at radius 2 is 1.85 bits per heavy atom. The van der Waals surface area contributed by atoms with Crippen molar-refractivity contribution in [3.63, 3.8) is 0 Å². The standard InChI is InChI=1S/C18H26N2O5S/c1-3-25-18(22)15-11-7-8-12-16(15)20(26(2,23)24)13-17(21)19-14-9-5-4-6-10-14/h7-8,11-12,14H,3-6,9-10,13H2,1-2H3,(H,19,21). The third kappa shape index (κ3) is 5.45. The van der Waals surface area contributed by atoms with E-state index in [4.69, 9.17) is 4.74 Å². The number of sulfonamides is 1. The van der Waals surface area contributed by atoms with Crippen LogP contribution in [0, 0.1) is 0 Å². The van der Waals surface area contributed by atoms with Crippen molar-refractivity contribution in [2.24, 2.45) is 0 Å². The molecule has 1 aliphatic carbocycles. The highest BCUT2D eigenvalue weighted by molar-refractivity contribution is 7.92. The first-order valence-electron chi connectivity index (χ1n) is 8.86. The molecular formula is C18H26N2O5S. The van der Waals surface area contributed by atoms with E-state index in [1.807, 2.05) is 0 Å². The van der Waals surface area contributed by atoms with Crippen LogP contribution in [-0.4, -0.2) is 45.7 Å². The van der Waals surface area contributed by atoms with Crippen molar-refractivity contribution in [1.29, 1.82) is 0 Å². The summed E-state index contributed by atoms with van der Waals surface area (Å²) in [6.45, 7) is 1.48. The Labute approximate surface area is 154 Å². The van der Waals surface area contributed by atoms with Crippen LogP contribution in [0.1, 0.15) is 49.4 Å². The fourth-order valence-electron chi connectivity index (χ4n) is 3.10. The summed E-state index contributed by atoms with van der Waals surface area (Å²) in [6.07, 6.45) is 6.12. The number of amides is 1. The maximum atomic E-state index is 12.4. The lowest BCUT2D eigenvalue weighted by molar-refractivity contribution is -0.120. The summed E-state index contributed by atoms with van der Waals surface area (Å²) >= 11 is 0. The quantitative estimate of drug-likeness (QED) is 0.729. The second-order valence-corrected chi connectivity index (χ2v) is 8.32. The molecule has 1 amide bonds. The van der Waals surface area contributed by atoms with Gasteiger partial charge in [-0.05, 0) is 31.9 Å². The normalized spacial score (nSPS) is 15.3. The predicted octanol–water partition coefficient (Wildman–Crippen LogP) is 2.08. The number of rotatable bonds is 7. The van der Waals surface area contributed by atoms with E-state index >= 15 is 0 Å². The summed E-state index contributed by atoms with van der Waals surface area (Å²) in [7, 11) is -3.76. The summed E-state index contributed by atoms with van der Waals surface area (Å²) in [5.41, 5.74) is 0.262. The lowest BCUT2D eigenvalue weighted by Gasteiger charge is -2.27. The third-order valence-corrected chi connectivity index (χ3v) is 5.45. The number of esters is 1. The summed E-state index contributed by atoms with van der Waals surface area (Å²) in [4.78, 5) is 24.6. The van der Waals surface area contributed by atoms with Crippen LogP contribution in [0.2, 0.25) is 0 Å². The Hall–Kier alpha value is -2.09. The van der Waals surface area contributed by atoms with Crippen molar-refractivity contribution in [1.82, 2.24) is 5.32 Å². The molecule has 0 spiro atoms. The maximum Gasteiger partial charge on any atom is 0.340 e. The second kappa shape index (κ2) is 9.02. The van der Waals surface area contributed by atoms with Gasteiger partial charge in [-0.25, -0.2) is 13.2 Å². The fraction of sp³-hybridized carbons (Fsp3) is 0.556. The van der Waals surface area contributed by atoms with E-state index in [1.165, 1.54) is 12.1 Å². The summed E-state index contributed by atoms with van der Waals surface area (Å²) in [5, 5.41) is 2.90. The van der Waals surface area contributed by atoms with Gasteiger partial charge < -0.3 is 10.1 Å². The van der Waals surface area contributed by atoms with Gasteiger partial charge in [0.15, 0.2) is 0 Å². The number of nitrogens with zero attached hydrogens (tertiary/aromatic N) is 1. The zero-order chi connectivity index (χ0) is 19.2. The summed E-state index contributed by atoms with van der Waals surface area (Å²) in [5.74, 6) is -0.995. The van der Waals surface area contributed by atoms with Gasteiger partial charge in [-0.1, -0.05) is 31.4 Å². The number of carbonyl (C=O) groups is 2. The molecule has 1 aromatic rings. The number of anilines is 1. The molecule has 26 heavy (non-hydrogen) atoms. The molecule has 1 fully saturated rings. The molecule has 0 bridgehead atoms. The minimum absolute atomic E-state index is 0.0814. The van der Waals surface area contributed by atoms with Gasteiger partial charge in [-0.15, -0.1) is 0 Å². The van der Waals surface area contributed by atoms with E-state index in [0.29, 0.717) is 0 Å². The van der Waals surface area contributed by atoms with Gasteiger partial charge in [0.05, 0.1) is 24.1 Å². The molecule has 0 saturated heterocycles. The maximum absolute atomic E-state index is 12.4. The van der Waals surface area contributed by atoms with E-state index in [0.717, 1.165) is 42.7 Å². The van der Waals surface area contributed by atoms with Crippen LogP contribution in [-0.2, 0) is 19.6 Å². The molecule has 1 saturated carbocycles. The van der Waals surface area contributed by atoms with Crippen molar-refractivity contribution in [2.75, 3.05) is 23.7 Å². The monoisotopic (exact) mass is 382 g/mol. The van der Waals surface area contributed by atoms with Crippen molar-refractivity contribution < 1.29 is 22.7 Å². The van der Waals surface area contributed by atoms with E-state index in [1.54, 1.807) is 19.1 Å². The Bertz CT molecular complexity index is 742. The zero-order valence-electron chi connectivity index (χ0n) is 15.2. The van der Waals surface area contributed by atoms with Crippen molar-refractivity contribution in [3.05, 3.63) is 29.8 Å². The topological polar surface area (TPSA) is 92.8 Å². The van der Waals surface area contributed by atoms with Crippen molar-refractivity contribution >= 4 is 27.6 Å². The first kappa shape index (κ1) is 20.2. The SMILES string of the molecule is CCOC(=O)c1ccccc1N(CC(=O)NC1CCCCC1)S(C)(=O)=O. The molecule has 1 aromatic carbocycles. The number of ether oxygens (including phenoxy) is 1. The smallest absolute Gasteiger partial charge is 0.340 e. The Balaban J connectivity index is 2.23. The van der Waals surface area contributed by atoms with Gasteiger partial charge in [-0.2, -0.15) is 0 Å². The van der Waals surface area contributed by atoms with Crippen LogP contribution >= 0.6 is 0 Å². The Morgan fingerprint density at radius 3 is 2.46 bits per heavy atom. The molecular weight excluding hydrogens is 356 g/mol. The molecule has 2 rings (SSSR count). The van der Waals surface area contributed by atoms with Crippen LogP contribution in [0.3, 0.4) is 0 Å². The number of para-hydroxylation sites is 1. The Kier molecular flexibility index (Phi) is 7.02. The van der Waals surface area contributed by atoms with Gasteiger partial charge in [-0.3, -0.25) is 9.10 Å². The summed E-state index contributed by atoms with van der Waals surface area (Å²) in [6, 6.07) is 6.32. The molecule has 1 aliphatic rings. The number of hydrogen-bond acceptors (Lipinski definition) is 5. The molecule has 0 atom stereocenters. The van der Waals surface area contributed by atoms with Gasteiger partial charge in [0.2, 0.25) is 15.9 Å². The minimum Gasteiger partial charge on any atom is -0.462 e. The first-order valence-corrected chi connectivity index (χ1v) is 10.7. The minimum atomic E-state index is -3.76. The molecule has 0 aromatic heterocycles. The van der Waals surface area contributed by atoms with E-state index < -0.39 is 16.0 Å². The molecule has 0 unspecified atom stereocenters. The second-order valence-electron chi connectivity index (χ2n) is 6.41. The highest BCUT2D eigenvalue weighted by atomic mass is 32.2.